The second kappa shape index (κ2) is 7.01. The number of benzene rings is 2. The topological polar surface area (TPSA) is 61.8 Å². The number of sulfonamides is 1. The molecule has 4 rings (SSSR count). The van der Waals surface area contributed by atoms with Gasteiger partial charge < -0.3 is 5.32 Å². The Hall–Kier alpha value is -2.32. The summed E-state index contributed by atoms with van der Waals surface area (Å²) in [6.45, 7) is 1.89. The van der Waals surface area contributed by atoms with E-state index in [0.717, 1.165) is 25.5 Å². The number of amidine groups is 1. The number of piperidine rings is 1. The molecule has 0 aromatic heterocycles. The Balaban J connectivity index is 1.52. The van der Waals surface area contributed by atoms with Crippen molar-refractivity contribution in [2.45, 2.75) is 24.3 Å². The molecule has 2 aliphatic rings. The van der Waals surface area contributed by atoms with E-state index in [-0.39, 0.29) is 10.8 Å². The van der Waals surface area contributed by atoms with Crippen LogP contribution in [0.25, 0.3) is 0 Å². The summed E-state index contributed by atoms with van der Waals surface area (Å²) in [4.78, 5) is 2.29. The van der Waals surface area contributed by atoms with Crippen molar-refractivity contribution in [2.75, 3.05) is 18.4 Å². The second-order valence-electron chi connectivity index (χ2n) is 6.90. The van der Waals surface area contributed by atoms with Crippen LogP contribution < -0.4 is 5.32 Å². The average molecular weight is 391 g/mol. The first kappa shape index (κ1) is 18.1. The molecule has 0 aliphatic carbocycles. The van der Waals surface area contributed by atoms with E-state index in [4.69, 9.17) is 0 Å². The number of para-hydroxylation sites is 1. The van der Waals surface area contributed by atoms with Crippen molar-refractivity contribution in [2.24, 2.45) is 10.3 Å². The highest BCUT2D eigenvalue weighted by Gasteiger charge is 2.31. The summed E-state index contributed by atoms with van der Waals surface area (Å²) in [5.41, 5.74) is 1.23. The molecule has 5 nitrogen and oxygen atoms in total. The highest BCUT2D eigenvalue weighted by Crippen LogP contribution is 2.30. The Morgan fingerprint density at radius 3 is 2.78 bits per heavy atom. The van der Waals surface area contributed by atoms with Crippen LogP contribution in [0.5, 0.6) is 0 Å². The summed E-state index contributed by atoms with van der Waals surface area (Å²) < 4.78 is 55.4. The van der Waals surface area contributed by atoms with Gasteiger partial charge in [0.25, 0.3) is 10.0 Å². The molecule has 0 radical (unpaired) electrons. The lowest BCUT2D eigenvalue weighted by Crippen LogP contribution is -2.41. The van der Waals surface area contributed by atoms with Gasteiger partial charge in [0.15, 0.2) is 11.6 Å². The quantitative estimate of drug-likeness (QED) is 0.871. The van der Waals surface area contributed by atoms with E-state index in [1.807, 2.05) is 0 Å². The lowest BCUT2D eigenvalue weighted by atomic mass is 9.96. The molecule has 1 fully saturated rings. The summed E-state index contributed by atoms with van der Waals surface area (Å²) in [7, 11) is -3.71. The first-order valence-electron chi connectivity index (χ1n) is 8.79. The lowest BCUT2D eigenvalue weighted by molar-refractivity contribution is 0.196. The van der Waals surface area contributed by atoms with Crippen LogP contribution >= 0.6 is 0 Å². The summed E-state index contributed by atoms with van der Waals surface area (Å²) >= 11 is 0. The first-order chi connectivity index (χ1) is 12.9. The number of nitrogens with one attached hydrogen (secondary N) is 1. The summed E-state index contributed by atoms with van der Waals surface area (Å²) in [5, 5.41) is 3.16. The maximum atomic E-state index is 13.4. The van der Waals surface area contributed by atoms with Gasteiger partial charge in [0, 0.05) is 19.0 Å². The van der Waals surface area contributed by atoms with Gasteiger partial charge in [-0.1, -0.05) is 18.2 Å². The SMILES string of the molecule is O=S1(=O)N=C([C@H]2CCCN(Cc3ccc(F)c(F)c3)C2)Nc2ccccc21. The van der Waals surface area contributed by atoms with Crippen molar-refractivity contribution in [3.63, 3.8) is 0 Å². The molecule has 2 aromatic rings. The van der Waals surface area contributed by atoms with Gasteiger partial charge in [0.2, 0.25) is 0 Å². The monoisotopic (exact) mass is 391 g/mol. The van der Waals surface area contributed by atoms with E-state index in [9.17, 15) is 17.2 Å². The van der Waals surface area contributed by atoms with Gasteiger partial charge in [-0.3, -0.25) is 4.90 Å². The smallest absolute Gasteiger partial charge is 0.286 e. The Labute approximate surface area is 156 Å². The largest absolute Gasteiger partial charge is 0.342 e. The Kier molecular flexibility index (Phi) is 4.69. The number of anilines is 1. The van der Waals surface area contributed by atoms with Crippen molar-refractivity contribution in [1.82, 2.24) is 4.90 Å². The molecule has 8 heteroatoms. The van der Waals surface area contributed by atoms with E-state index in [1.54, 1.807) is 24.3 Å². The predicted octanol–water partition coefficient (Wildman–Crippen LogP) is 3.39. The van der Waals surface area contributed by atoms with Gasteiger partial charge in [-0.15, -0.1) is 4.40 Å². The minimum atomic E-state index is -3.71. The van der Waals surface area contributed by atoms with Crippen LogP contribution in [0.1, 0.15) is 18.4 Å². The molecule has 1 saturated heterocycles. The molecule has 1 atom stereocenters. The van der Waals surface area contributed by atoms with E-state index >= 15 is 0 Å². The highest BCUT2D eigenvalue weighted by atomic mass is 32.2. The summed E-state index contributed by atoms with van der Waals surface area (Å²) in [6, 6.07) is 10.6. The van der Waals surface area contributed by atoms with E-state index in [0.29, 0.717) is 30.2 Å². The van der Waals surface area contributed by atoms with E-state index in [2.05, 4.69) is 14.6 Å². The third-order valence-corrected chi connectivity index (χ3v) is 6.28. The number of rotatable bonds is 3. The Morgan fingerprint density at radius 2 is 1.96 bits per heavy atom. The molecular formula is C19H19F2N3O2S. The van der Waals surface area contributed by atoms with Crippen molar-refractivity contribution in [3.05, 3.63) is 59.7 Å². The van der Waals surface area contributed by atoms with Gasteiger partial charge in [0.05, 0.1) is 5.69 Å². The third-order valence-electron chi connectivity index (χ3n) is 4.93. The molecule has 142 valence electrons. The molecule has 2 aliphatic heterocycles. The maximum Gasteiger partial charge on any atom is 0.286 e. The zero-order valence-electron chi connectivity index (χ0n) is 14.5. The molecule has 2 aromatic carbocycles. The van der Waals surface area contributed by atoms with Gasteiger partial charge in [-0.25, -0.2) is 8.78 Å². The maximum absolute atomic E-state index is 13.4. The van der Waals surface area contributed by atoms with Gasteiger partial charge in [-0.05, 0) is 49.2 Å². The van der Waals surface area contributed by atoms with Crippen LogP contribution in [-0.2, 0) is 16.6 Å². The predicted molar refractivity (Wildman–Crippen MR) is 99.0 cm³/mol. The number of fused-ring (bicyclic) bond motifs is 1. The molecule has 0 saturated carbocycles. The average Bonchev–Trinajstić information content (AvgIpc) is 2.64. The van der Waals surface area contributed by atoms with Crippen LogP contribution in [0.2, 0.25) is 0 Å². The van der Waals surface area contributed by atoms with Crippen LogP contribution in [0.4, 0.5) is 14.5 Å². The van der Waals surface area contributed by atoms with Crippen molar-refractivity contribution < 1.29 is 17.2 Å². The molecule has 1 N–H and O–H groups in total. The fourth-order valence-corrected chi connectivity index (χ4v) is 4.83. The zero-order valence-corrected chi connectivity index (χ0v) is 15.3. The minimum absolute atomic E-state index is 0.0628. The highest BCUT2D eigenvalue weighted by molar-refractivity contribution is 7.90. The number of hydrogen-bond donors (Lipinski definition) is 1. The number of likely N-dealkylation sites (tertiary alicyclic amines) is 1. The number of nitrogens with zero attached hydrogens (tertiary/aromatic N) is 2. The Morgan fingerprint density at radius 1 is 1.15 bits per heavy atom. The minimum Gasteiger partial charge on any atom is -0.342 e. The van der Waals surface area contributed by atoms with Crippen LogP contribution in [0, 0.1) is 17.6 Å². The van der Waals surface area contributed by atoms with Crippen molar-refractivity contribution in [3.8, 4) is 0 Å². The van der Waals surface area contributed by atoms with E-state index < -0.39 is 21.7 Å². The normalized spacial score (nSPS) is 21.9. The number of hydrogen-bond acceptors (Lipinski definition) is 4. The first-order valence-corrected chi connectivity index (χ1v) is 10.2. The molecule has 2 heterocycles. The fourth-order valence-electron chi connectivity index (χ4n) is 3.63. The van der Waals surface area contributed by atoms with Crippen LogP contribution in [0.15, 0.2) is 51.8 Å². The standard InChI is InChI=1S/C19H19F2N3O2S/c20-15-8-7-13(10-16(15)21)11-24-9-3-4-14(12-24)19-22-17-5-1-2-6-18(17)27(25,26)23-19/h1-2,5-8,10,14H,3-4,9,11-12H2,(H,22,23)/t14-/m0/s1. The number of halogens is 2. The molecule has 27 heavy (non-hydrogen) atoms. The Bertz CT molecular complexity index is 1010. The fraction of sp³-hybridized carbons (Fsp3) is 0.316. The zero-order chi connectivity index (χ0) is 19.0. The van der Waals surface area contributed by atoms with Crippen molar-refractivity contribution in [1.29, 1.82) is 0 Å². The second-order valence-corrected chi connectivity index (χ2v) is 8.47. The van der Waals surface area contributed by atoms with Crippen LogP contribution in [0.3, 0.4) is 0 Å². The van der Waals surface area contributed by atoms with Gasteiger partial charge in [0.1, 0.15) is 10.7 Å². The molecule has 0 amide bonds. The molecule has 0 bridgehead atoms. The van der Waals surface area contributed by atoms with Gasteiger partial charge >= 0.3 is 0 Å². The van der Waals surface area contributed by atoms with E-state index in [1.165, 1.54) is 12.1 Å². The third kappa shape index (κ3) is 3.72. The summed E-state index contributed by atoms with van der Waals surface area (Å²) in [6.07, 6.45) is 1.69. The summed E-state index contributed by atoms with van der Waals surface area (Å²) in [5.74, 6) is -1.34. The lowest BCUT2D eigenvalue weighted by Gasteiger charge is -2.34. The van der Waals surface area contributed by atoms with Crippen LogP contribution in [-0.4, -0.2) is 32.2 Å². The van der Waals surface area contributed by atoms with Crippen molar-refractivity contribution >= 4 is 21.5 Å². The molecule has 0 spiro atoms. The molecular weight excluding hydrogens is 372 g/mol. The molecule has 0 unspecified atom stereocenters. The van der Waals surface area contributed by atoms with Gasteiger partial charge in [-0.2, -0.15) is 8.42 Å².